The fourth-order valence-corrected chi connectivity index (χ4v) is 4.18. The summed E-state index contributed by atoms with van der Waals surface area (Å²) in [7, 11) is -3.86. The van der Waals surface area contributed by atoms with Gasteiger partial charge in [0, 0.05) is 18.8 Å². The number of sulfonamides is 1. The Kier molecular flexibility index (Phi) is 7.57. The number of rotatable bonds is 9. The molecule has 0 heterocycles. The minimum absolute atomic E-state index is 0.00974. The lowest BCUT2D eigenvalue weighted by atomic mass is 10.1. The molecule has 3 aromatic rings. The lowest BCUT2D eigenvalue weighted by Gasteiger charge is -2.22. The van der Waals surface area contributed by atoms with Crippen LogP contribution in [0.5, 0.6) is 0 Å². The van der Waals surface area contributed by atoms with Gasteiger partial charge in [0.2, 0.25) is 15.9 Å². The SMILES string of the molecule is Cc1ccc(NC(=O)CN(CCc2ccccc2)Cc2ccccc2)cc1S(N)(=O)=O. The van der Waals surface area contributed by atoms with E-state index in [1.165, 1.54) is 11.6 Å². The lowest BCUT2D eigenvalue weighted by Crippen LogP contribution is -2.34. The average molecular weight is 438 g/mol. The molecule has 0 atom stereocenters. The molecule has 0 unspecified atom stereocenters. The number of aryl methyl sites for hydroxylation is 1. The number of carbonyl (C=O) groups excluding carboxylic acids is 1. The summed E-state index contributed by atoms with van der Waals surface area (Å²) in [4.78, 5) is 14.8. The van der Waals surface area contributed by atoms with E-state index in [4.69, 9.17) is 5.14 Å². The monoisotopic (exact) mass is 437 g/mol. The molecule has 0 fully saturated rings. The second-order valence-electron chi connectivity index (χ2n) is 7.51. The Hall–Kier alpha value is -3.00. The van der Waals surface area contributed by atoms with Crippen molar-refractivity contribution in [2.45, 2.75) is 24.8 Å². The number of anilines is 1. The van der Waals surface area contributed by atoms with E-state index >= 15 is 0 Å². The number of nitrogens with zero attached hydrogens (tertiary/aromatic N) is 1. The average Bonchev–Trinajstić information content (AvgIpc) is 2.74. The number of carbonyl (C=O) groups is 1. The van der Waals surface area contributed by atoms with Gasteiger partial charge in [0.25, 0.3) is 0 Å². The van der Waals surface area contributed by atoms with Crippen molar-refractivity contribution in [1.29, 1.82) is 0 Å². The molecule has 7 heteroatoms. The maximum absolute atomic E-state index is 12.7. The Morgan fingerprint density at radius 1 is 0.935 bits per heavy atom. The van der Waals surface area contributed by atoms with Crippen LogP contribution in [0.3, 0.4) is 0 Å². The Bertz CT molecular complexity index is 1120. The largest absolute Gasteiger partial charge is 0.325 e. The molecule has 0 bridgehead atoms. The molecule has 0 aromatic heterocycles. The standard InChI is InChI=1S/C24H27N3O3S/c1-19-12-13-22(16-23(19)31(25,29)30)26-24(28)18-27(17-21-10-6-3-7-11-21)15-14-20-8-4-2-5-9-20/h2-13,16H,14-15,17-18H2,1H3,(H,26,28)(H2,25,29,30). The minimum Gasteiger partial charge on any atom is -0.325 e. The van der Waals surface area contributed by atoms with Gasteiger partial charge in [-0.2, -0.15) is 0 Å². The van der Waals surface area contributed by atoms with Crippen LogP contribution in [0.4, 0.5) is 5.69 Å². The third kappa shape index (κ3) is 7.03. The van der Waals surface area contributed by atoms with E-state index in [1.807, 2.05) is 48.5 Å². The zero-order valence-electron chi connectivity index (χ0n) is 17.5. The van der Waals surface area contributed by atoms with Gasteiger partial charge in [0.05, 0.1) is 11.4 Å². The molecule has 6 nitrogen and oxygen atoms in total. The molecule has 3 aromatic carbocycles. The summed E-state index contributed by atoms with van der Waals surface area (Å²) in [5.74, 6) is -0.215. The van der Waals surface area contributed by atoms with Gasteiger partial charge in [-0.1, -0.05) is 66.7 Å². The molecule has 0 saturated heterocycles. The van der Waals surface area contributed by atoms with Gasteiger partial charge in [-0.15, -0.1) is 0 Å². The highest BCUT2D eigenvalue weighted by molar-refractivity contribution is 7.89. The van der Waals surface area contributed by atoms with Crippen LogP contribution in [0.15, 0.2) is 83.8 Å². The number of amides is 1. The molecule has 0 aliphatic heterocycles. The molecule has 0 saturated carbocycles. The second-order valence-corrected chi connectivity index (χ2v) is 9.04. The predicted molar refractivity (Wildman–Crippen MR) is 123 cm³/mol. The maximum atomic E-state index is 12.7. The van der Waals surface area contributed by atoms with Gasteiger partial charge in [0.1, 0.15) is 0 Å². The number of hydrogen-bond donors (Lipinski definition) is 2. The molecule has 0 radical (unpaired) electrons. The third-order valence-electron chi connectivity index (χ3n) is 4.95. The molecular formula is C24H27N3O3S. The topological polar surface area (TPSA) is 92.5 Å². The number of benzene rings is 3. The van der Waals surface area contributed by atoms with Crippen LogP contribution in [0.2, 0.25) is 0 Å². The Morgan fingerprint density at radius 2 is 1.55 bits per heavy atom. The number of primary sulfonamides is 1. The summed E-state index contributed by atoms with van der Waals surface area (Å²) in [5, 5.41) is 8.07. The van der Waals surface area contributed by atoms with E-state index in [-0.39, 0.29) is 17.3 Å². The van der Waals surface area contributed by atoms with Gasteiger partial charge < -0.3 is 5.32 Å². The molecule has 1 amide bonds. The highest BCUT2D eigenvalue weighted by Crippen LogP contribution is 2.19. The Morgan fingerprint density at radius 3 is 2.16 bits per heavy atom. The van der Waals surface area contributed by atoms with Crippen LogP contribution >= 0.6 is 0 Å². The van der Waals surface area contributed by atoms with Crippen molar-refractivity contribution in [3.05, 3.63) is 95.6 Å². The first-order valence-corrected chi connectivity index (χ1v) is 11.6. The lowest BCUT2D eigenvalue weighted by molar-refractivity contribution is -0.117. The third-order valence-corrected chi connectivity index (χ3v) is 6.01. The number of nitrogens with two attached hydrogens (primary N) is 1. The van der Waals surface area contributed by atoms with E-state index in [2.05, 4.69) is 22.3 Å². The van der Waals surface area contributed by atoms with Crippen LogP contribution < -0.4 is 10.5 Å². The van der Waals surface area contributed by atoms with Crippen LogP contribution in [-0.4, -0.2) is 32.3 Å². The van der Waals surface area contributed by atoms with Gasteiger partial charge in [-0.25, -0.2) is 13.6 Å². The van der Waals surface area contributed by atoms with Crippen molar-refractivity contribution >= 4 is 21.6 Å². The minimum atomic E-state index is -3.86. The van der Waals surface area contributed by atoms with E-state index in [0.29, 0.717) is 24.3 Å². The molecule has 162 valence electrons. The fraction of sp³-hybridized carbons (Fsp3) is 0.208. The van der Waals surface area contributed by atoms with Crippen LogP contribution in [-0.2, 0) is 27.8 Å². The molecule has 3 rings (SSSR count). The first-order chi connectivity index (χ1) is 14.8. The fourth-order valence-electron chi connectivity index (χ4n) is 3.38. The van der Waals surface area contributed by atoms with Crippen molar-refractivity contribution in [3.63, 3.8) is 0 Å². The highest BCUT2D eigenvalue weighted by Gasteiger charge is 2.15. The van der Waals surface area contributed by atoms with Crippen LogP contribution in [0.25, 0.3) is 0 Å². The quantitative estimate of drug-likeness (QED) is 0.537. The van der Waals surface area contributed by atoms with E-state index < -0.39 is 10.0 Å². The van der Waals surface area contributed by atoms with Gasteiger partial charge in [-0.3, -0.25) is 9.69 Å². The summed E-state index contributed by atoms with van der Waals surface area (Å²) in [6.45, 7) is 3.19. The molecule has 0 spiro atoms. The second kappa shape index (κ2) is 10.3. The molecule has 0 aliphatic carbocycles. The molecular weight excluding hydrogens is 410 g/mol. The Balaban J connectivity index is 1.70. The van der Waals surface area contributed by atoms with Gasteiger partial charge >= 0.3 is 0 Å². The Labute approximate surface area is 183 Å². The van der Waals surface area contributed by atoms with Crippen molar-refractivity contribution in [3.8, 4) is 0 Å². The predicted octanol–water partition coefficient (Wildman–Crippen LogP) is 3.33. The number of hydrogen-bond acceptors (Lipinski definition) is 4. The van der Waals surface area contributed by atoms with Crippen molar-refractivity contribution < 1.29 is 13.2 Å². The van der Waals surface area contributed by atoms with Gasteiger partial charge in [-0.05, 0) is 42.2 Å². The van der Waals surface area contributed by atoms with E-state index in [9.17, 15) is 13.2 Å². The smallest absolute Gasteiger partial charge is 0.238 e. The summed E-state index contributed by atoms with van der Waals surface area (Å²) >= 11 is 0. The first-order valence-electron chi connectivity index (χ1n) is 10.0. The molecule has 0 aliphatic rings. The number of nitrogens with one attached hydrogen (secondary N) is 1. The zero-order valence-corrected chi connectivity index (χ0v) is 18.3. The van der Waals surface area contributed by atoms with Gasteiger partial charge in [0.15, 0.2) is 0 Å². The molecule has 3 N–H and O–H groups in total. The molecule has 31 heavy (non-hydrogen) atoms. The van der Waals surface area contributed by atoms with E-state index in [1.54, 1.807) is 19.1 Å². The van der Waals surface area contributed by atoms with E-state index in [0.717, 1.165) is 12.0 Å². The van der Waals surface area contributed by atoms with Crippen LogP contribution in [0.1, 0.15) is 16.7 Å². The normalized spacial score (nSPS) is 11.5. The first kappa shape index (κ1) is 22.7. The highest BCUT2D eigenvalue weighted by atomic mass is 32.2. The zero-order chi connectivity index (χ0) is 22.3. The summed E-state index contributed by atoms with van der Waals surface area (Å²) in [5.41, 5.74) is 3.27. The van der Waals surface area contributed by atoms with Crippen molar-refractivity contribution in [2.24, 2.45) is 5.14 Å². The van der Waals surface area contributed by atoms with Crippen molar-refractivity contribution in [1.82, 2.24) is 4.90 Å². The summed E-state index contributed by atoms with van der Waals surface area (Å²) < 4.78 is 23.5. The van der Waals surface area contributed by atoms with Crippen LogP contribution in [0, 0.1) is 6.92 Å². The summed E-state index contributed by atoms with van der Waals surface area (Å²) in [6.07, 6.45) is 0.820. The van der Waals surface area contributed by atoms with Crippen molar-refractivity contribution in [2.75, 3.05) is 18.4 Å². The summed E-state index contributed by atoms with van der Waals surface area (Å²) in [6, 6.07) is 24.8. The maximum Gasteiger partial charge on any atom is 0.238 e.